The number of aliphatic carboxylic acids is 1. The molecule has 1 aliphatic heterocycles. The lowest BCUT2D eigenvalue weighted by molar-refractivity contribution is -0.143. The summed E-state index contributed by atoms with van der Waals surface area (Å²) >= 11 is 0. The van der Waals surface area contributed by atoms with Gasteiger partial charge in [0.05, 0.1) is 7.11 Å². The number of anilines is 1. The number of piperazine rings is 1. The summed E-state index contributed by atoms with van der Waals surface area (Å²) in [6.45, 7) is 4.32. The summed E-state index contributed by atoms with van der Waals surface area (Å²) in [5.41, 5.74) is 1.30. The van der Waals surface area contributed by atoms with E-state index in [-0.39, 0.29) is 0 Å². The second-order valence-electron chi connectivity index (χ2n) is 6.37. The van der Waals surface area contributed by atoms with Crippen LogP contribution in [0.25, 0.3) is 0 Å². The number of carboxylic acid groups (broad SMARTS) is 1. The summed E-state index contributed by atoms with van der Waals surface area (Å²) in [7, 11) is 1.45. The van der Waals surface area contributed by atoms with Crippen molar-refractivity contribution in [1.29, 1.82) is 0 Å². The van der Waals surface area contributed by atoms with Crippen LogP contribution in [-0.4, -0.2) is 59.2 Å². The molecule has 1 unspecified atom stereocenters. The van der Waals surface area contributed by atoms with Crippen molar-refractivity contribution in [3.8, 4) is 5.75 Å². The first-order valence-electron chi connectivity index (χ1n) is 8.89. The van der Waals surface area contributed by atoms with Crippen LogP contribution in [0, 0.1) is 5.82 Å². The zero-order valence-corrected chi connectivity index (χ0v) is 15.4. The first-order valence-corrected chi connectivity index (χ1v) is 8.89. The first-order chi connectivity index (χ1) is 13.0. The monoisotopic (exact) mass is 374 g/mol. The van der Waals surface area contributed by atoms with Gasteiger partial charge in [0.25, 0.3) is 0 Å². The maximum Gasteiger partial charge on any atom is 0.325 e. The number of carbonyl (C=O) groups is 1. The first kappa shape index (κ1) is 19.0. The molecule has 1 aromatic carbocycles. The Kier molecular flexibility index (Phi) is 5.85. The molecule has 27 heavy (non-hydrogen) atoms. The Bertz CT molecular complexity index is 809. The van der Waals surface area contributed by atoms with E-state index in [0.29, 0.717) is 37.5 Å². The van der Waals surface area contributed by atoms with Gasteiger partial charge in [-0.15, -0.1) is 0 Å². The lowest BCUT2D eigenvalue weighted by Crippen LogP contribution is -2.49. The van der Waals surface area contributed by atoms with Crippen LogP contribution >= 0.6 is 0 Å². The van der Waals surface area contributed by atoms with Crippen LogP contribution in [0.4, 0.5) is 10.2 Å². The number of hydrogen-bond acceptors (Lipinski definition) is 6. The van der Waals surface area contributed by atoms with E-state index < -0.39 is 17.8 Å². The molecule has 144 valence electrons. The second kappa shape index (κ2) is 8.30. The van der Waals surface area contributed by atoms with Crippen molar-refractivity contribution in [3.05, 3.63) is 47.7 Å². The highest BCUT2D eigenvalue weighted by atomic mass is 19.1. The summed E-state index contributed by atoms with van der Waals surface area (Å²) in [4.78, 5) is 24.4. The van der Waals surface area contributed by atoms with Gasteiger partial charge in [-0.25, -0.2) is 14.4 Å². The van der Waals surface area contributed by atoms with E-state index in [4.69, 9.17) is 4.74 Å². The number of nitrogens with zero attached hydrogens (tertiary/aromatic N) is 4. The van der Waals surface area contributed by atoms with Crippen LogP contribution in [0.15, 0.2) is 30.6 Å². The maximum absolute atomic E-state index is 13.7. The fraction of sp³-hybridized carbons (Fsp3) is 0.421. The molecule has 1 atom stereocenters. The van der Waals surface area contributed by atoms with Crippen molar-refractivity contribution in [2.75, 3.05) is 38.2 Å². The quantitative estimate of drug-likeness (QED) is 0.830. The van der Waals surface area contributed by atoms with E-state index >= 15 is 0 Å². The third kappa shape index (κ3) is 4.16. The number of methoxy groups -OCH3 is 1. The second-order valence-corrected chi connectivity index (χ2v) is 6.37. The Morgan fingerprint density at radius 2 is 2.00 bits per heavy atom. The highest BCUT2D eigenvalue weighted by Gasteiger charge is 2.33. The summed E-state index contributed by atoms with van der Waals surface area (Å²) in [5, 5.41) is 9.79. The largest absolute Gasteiger partial charge is 0.496 e. The molecule has 1 saturated heterocycles. The van der Waals surface area contributed by atoms with Crippen LogP contribution in [0.5, 0.6) is 5.75 Å². The third-order valence-corrected chi connectivity index (χ3v) is 4.80. The summed E-state index contributed by atoms with van der Waals surface area (Å²) in [5.74, 6) is -0.294. The molecule has 2 heterocycles. The third-order valence-electron chi connectivity index (χ3n) is 4.80. The molecule has 0 radical (unpaired) electrons. The molecule has 1 aliphatic rings. The van der Waals surface area contributed by atoms with E-state index in [9.17, 15) is 14.3 Å². The fourth-order valence-electron chi connectivity index (χ4n) is 3.37. The molecule has 1 aromatic heterocycles. The normalized spacial score (nSPS) is 16.2. The van der Waals surface area contributed by atoms with Gasteiger partial charge < -0.3 is 14.7 Å². The fourth-order valence-corrected chi connectivity index (χ4v) is 3.37. The highest BCUT2D eigenvalue weighted by molar-refractivity contribution is 5.77. The van der Waals surface area contributed by atoms with Gasteiger partial charge in [0.1, 0.15) is 29.8 Å². The Morgan fingerprint density at radius 1 is 1.26 bits per heavy atom. The summed E-state index contributed by atoms with van der Waals surface area (Å²) < 4.78 is 19.0. The molecule has 0 aliphatic carbocycles. The Labute approximate surface area is 157 Å². The van der Waals surface area contributed by atoms with E-state index in [0.717, 1.165) is 17.9 Å². The summed E-state index contributed by atoms with van der Waals surface area (Å²) in [6.07, 6.45) is 2.38. The lowest BCUT2D eigenvalue weighted by Gasteiger charge is -2.38. The Hall–Kier alpha value is -2.74. The molecule has 3 rings (SSSR count). The van der Waals surface area contributed by atoms with Gasteiger partial charge in [0.2, 0.25) is 0 Å². The number of carboxylic acids is 1. The lowest BCUT2D eigenvalue weighted by atomic mass is 10.0. The average molecular weight is 374 g/mol. The molecular weight excluding hydrogens is 351 g/mol. The van der Waals surface area contributed by atoms with Gasteiger partial charge in [-0.2, -0.15) is 0 Å². The van der Waals surface area contributed by atoms with Gasteiger partial charge in [0, 0.05) is 43.5 Å². The number of ether oxygens (including phenoxy) is 1. The standard InChI is InChI=1S/C19H23FN4O3/c1-3-14-11-17(22-12-21-14)23-6-8-24(9-7-23)18(19(25)26)15-10-13(20)4-5-16(15)27-2/h4-5,10-12,18H,3,6-9H2,1-2H3,(H,25,26). The minimum Gasteiger partial charge on any atom is -0.496 e. The number of aromatic nitrogens is 2. The highest BCUT2D eigenvalue weighted by Crippen LogP contribution is 2.31. The van der Waals surface area contributed by atoms with Gasteiger partial charge in [0.15, 0.2) is 0 Å². The number of halogens is 1. The zero-order valence-electron chi connectivity index (χ0n) is 15.4. The molecule has 0 saturated carbocycles. The van der Waals surface area contributed by atoms with Crippen LogP contribution in [-0.2, 0) is 11.2 Å². The van der Waals surface area contributed by atoms with Gasteiger partial charge in [-0.3, -0.25) is 9.69 Å². The van der Waals surface area contributed by atoms with Crippen molar-refractivity contribution < 1.29 is 19.0 Å². The van der Waals surface area contributed by atoms with Crippen molar-refractivity contribution >= 4 is 11.8 Å². The molecule has 2 aromatic rings. The van der Waals surface area contributed by atoms with E-state index in [1.54, 1.807) is 6.33 Å². The average Bonchev–Trinajstić information content (AvgIpc) is 2.69. The summed E-state index contributed by atoms with van der Waals surface area (Å²) in [6, 6.07) is 4.96. The molecule has 0 bridgehead atoms. The molecule has 0 amide bonds. The van der Waals surface area contributed by atoms with Crippen LogP contribution in [0.3, 0.4) is 0 Å². The van der Waals surface area contributed by atoms with Crippen LogP contribution < -0.4 is 9.64 Å². The van der Waals surface area contributed by atoms with Crippen molar-refractivity contribution in [1.82, 2.24) is 14.9 Å². The molecule has 1 fully saturated rings. The van der Waals surface area contributed by atoms with E-state index in [1.807, 2.05) is 17.9 Å². The number of aryl methyl sites for hydroxylation is 1. The SMILES string of the molecule is CCc1cc(N2CCN(C(C(=O)O)c3cc(F)ccc3OC)CC2)ncn1. The van der Waals surface area contributed by atoms with E-state index in [2.05, 4.69) is 14.9 Å². The van der Waals surface area contributed by atoms with Crippen LogP contribution in [0.1, 0.15) is 24.2 Å². The van der Waals surface area contributed by atoms with Crippen LogP contribution in [0.2, 0.25) is 0 Å². The van der Waals surface area contributed by atoms with Gasteiger partial charge in [-0.1, -0.05) is 6.92 Å². The molecule has 0 spiro atoms. The smallest absolute Gasteiger partial charge is 0.325 e. The Morgan fingerprint density at radius 3 is 2.63 bits per heavy atom. The number of rotatable bonds is 6. The topological polar surface area (TPSA) is 78.8 Å². The number of hydrogen-bond donors (Lipinski definition) is 1. The minimum atomic E-state index is -1.03. The molecule has 8 heteroatoms. The number of benzene rings is 1. The molecular formula is C19H23FN4O3. The van der Waals surface area contributed by atoms with Crippen molar-refractivity contribution in [2.24, 2.45) is 0 Å². The van der Waals surface area contributed by atoms with E-state index in [1.165, 1.54) is 25.3 Å². The maximum atomic E-state index is 13.7. The van der Waals surface area contributed by atoms with Crippen molar-refractivity contribution in [3.63, 3.8) is 0 Å². The Balaban J connectivity index is 1.78. The molecule has 1 N–H and O–H groups in total. The molecule has 7 nitrogen and oxygen atoms in total. The zero-order chi connectivity index (χ0) is 19.4. The predicted molar refractivity (Wildman–Crippen MR) is 98.5 cm³/mol. The minimum absolute atomic E-state index is 0.328. The van der Waals surface area contributed by atoms with Crippen molar-refractivity contribution in [2.45, 2.75) is 19.4 Å². The van der Waals surface area contributed by atoms with Gasteiger partial charge >= 0.3 is 5.97 Å². The van der Waals surface area contributed by atoms with Gasteiger partial charge in [-0.05, 0) is 24.6 Å². The predicted octanol–water partition coefficient (Wildman–Crippen LogP) is 2.13.